The van der Waals surface area contributed by atoms with Gasteiger partial charge in [-0.05, 0) is 43.7 Å². The zero-order chi connectivity index (χ0) is 22.6. The van der Waals surface area contributed by atoms with Crippen LogP contribution in [0, 0.1) is 0 Å². The molecule has 1 N–H and O–H groups in total. The van der Waals surface area contributed by atoms with Gasteiger partial charge in [0.1, 0.15) is 5.69 Å². The summed E-state index contributed by atoms with van der Waals surface area (Å²) >= 11 is 0. The summed E-state index contributed by atoms with van der Waals surface area (Å²) in [5.41, 5.74) is 0.935. The maximum Gasteiger partial charge on any atom is 0.417 e. The molecule has 1 saturated carbocycles. The van der Waals surface area contributed by atoms with E-state index in [1.807, 2.05) is 0 Å². The molecule has 170 valence electrons. The fraction of sp³-hybridized carbons (Fsp3) is 0.545. The third-order valence-electron chi connectivity index (χ3n) is 6.32. The molecule has 1 aliphatic heterocycles. The number of aromatic amines is 1. The quantitative estimate of drug-likeness (QED) is 0.609. The monoisotopic (exact) mass is 447 g/mol. The number of pyridine rings is 1. The van der Waals surface area contributed by atoms with E-state index in [0.29, 0.717) is 36.7 Å². The second-order valence-electron chi connectivity index (χ2n) is 9.07. The van der Waals surface area contributed by atoms with E-state index in [9.17, 15) is 18.0 Å². The Morgan fingerprint density at radius 2 is 2.00 bits per heavy atom. The molecule has 0 radical (unpaired) electrons. The van der Waals surface area contributed by atoms with Crippen LogP contribution in [-0.2, 0) is 6.18 Å². The SMILES string of the molecule is CC(C)c1cc(C(F)(F)F)c2c([C@@H]3CCCN(C(=O)c4cc(C5CC5)[nH]n4)C3)noc2n1. The number of nitrogens with one attached hydrogen (secondary N) is 1. The molecule has 1 amide bonds. The molecule has 2 fully saturated rings. The summed E-state index contributed by atoms with van der Waals surface area (Å²) in [7, 11) is 0. The van der Waals surface area contributed by atoms with E-state index < -0.39 is 11.7 Å². The predicted molar refractivity (Wildman–Crippen MR) is 109 cm³/mol. The molecule has 2 aliphatic rings. The number of H-pyrrole nitrogens is 1. The van der Waals surface area contributed by atoms with Crippen LogP contribution in [0.3, 0.4) is 0 Å². The van der Waals surface area contributed by atoms with Crippen molar-refractivity contribution in [1.29, 1.82) is 0 Å². The number of nitrogens with zero attached hydrogens (tertiary/aromatic N) is 4. The average molecular weight is 447 g/mol. The first-order valence-electron chi connectivity index (χ1n) is 10.9. The van der Waals surface area contributed by atoms with Gasteiger partial charge < -0.3 is 9.42 Å². The number of carbonyl (C=O) groups is 1. The fourth-order valence-corrected chi connectivity index (χ4v) is 4.39. The Labute approximate surface area is 182 Å². The van der Waals surface area contributed by atoms with Gasteiger partial charge in [-0.25, -0.2) is 4.98 Å². The molecule has 0 aromatic carbocycles. The van der Waals surface area contributed by atoms with Crippen molar-refractivity contribution in [2.45, 2.75) is 63.5 Å². The first kappa shape index (κ1) is 21.0. The van der Waals surface area contributed by atoms with E-state index in [4.69, 9.17) is 4.52 Å². The number of alkyl halides is 3. The van der Waals surface area contributed by atoms with Gasteiger partial charge in [0, 0.05) is 36.3 Å². The maximum absolute atomic E-state index is 13.9. The molecule has 1 aliphatic carbocycles. The molecule has 3 aromatic rings. The molecule has 0 bridgehead atoms. The summed E-state index contributed by atoms with van der Waals surface area (Å²) in [4.78, 5) is 18.9. The minimum atomic E-state index is -4.57. The van der Waals surface area contributed by atoms with Crippen LogP contribution in [-0.4, -0.2) is 44.2 Å². The summed E-state index contributed by atoms with van der Waals surface area (Å²) in [5, 5.41) is 11.0. The zero-order valence-electron chi connectivity index (χ0n) is 17.9. The highest BCUT2D eigenvalue weighted by Gasteiger charge is 2.39. The van der Waals surface area contributed by atoms with Crippen molar-refractivity contribution >= 4 is 17.0 Å². The van der Waals surface area contributed by atoms with Crippen LogP contribution in [0.4, 0.5) is 13.2 Å². The molecule has 3 aromatic heterocycles. The second-order valence-corrected chi connectivity index (χ2v) is 9.07. The number of halogens is 3. The molecular weight excluding hydrogens is 423 g/mol. The van der Waals surface area contributed by atoms with Crippen LogP contribution in [0.5, 0.6) is 0 Å². The van der Waals surface area contributed by atoms with Crippen molar-refractivity contribution in [3.05, 3.63) is 40.5 Å². The van der Waals surface area contributed by atoms with Crippen LogP contribution in [0.25, 0.3) is 11.1 Å². The zero-order valence-corrected chi connectivity index (χ0v) is 17.9. The highest BCUT2D eigenvalue weighted by Crippen LogP contribution is 2.41. The Balaban J connectivity index is 1.46. The smallest absolute Gasteiger partial charge is 0.337 e. The molecule has 32 heavy (non-hydrogen) atoms. The van der Waals surface area contributed by atoms with Crippen molar-refractivity contribution < 1.29 is 22.5 Å². The molecule has 10 heteroatoms. The predicted octanol–water partition coefficient (Wildman–Crippen LogP) is 4.99. The van der Waals surface area contributed by atoms with E-state index in [2.05, 4.69) is 20.3 Å². The number of rotatable bonds is 4. The second kappa shape index (κ2) is 7.60. The van der Waals surface area contributed by atoms with Crippen LogP contribution in [0.2, 0.25) is 0 Å². The van der Waals surface area contributed by atoms with E-state index >= 15 is 0 Å². The van der Waals surface area contributed by atoms with Crippen molar-refractivity contribution in [2.24, 2.45) is 0 Å². The van der Waals surface area contributed by atoms with Gasteiger partial charge in [0.2, 0.25) is 0 Å². The molecule has 4 heterocycles. The van der Waals surface area contributed by atoms with Crippen LogP contribution < -0.4 is 0 Å². The molecule has 0 unspecified atom stereocenters. The van der Waals surface area contributed by atoms with Crippen molar-refractivity contribution in [1.82, 2.24) is 25.2 Å². The highest BCUT2D eigenvalue weighted by atomic mass is 19.4. The number of fused-ring (bicyclic) bond motifs is 1. The Morgan fingerprint density at radius 1 is 1.22 bits per heavy atom. The number of hydrogen-bond donors (Lipinski definition) is 1. The standard InChI is InChI=1S/C22H24F3N5O2/c1-11(2)15-8-14(22(23,24)25)18-19(29-32-20(18)26-15)13-4-3-7-30(10-13)21(31)17-9-16(27-28-17)12-5-6-12/h8-9,11-13H,3-7,10H2,1-2H3,(H,27,28)/t13-/m1/s1. The lowest BCUT2D eigenvalue weighted by molar-refractivity contribution is -0.136. The fourth-order valence-electron chi connectivity index (χ4n) is 4.39. The average Bonchev–Trinajstić information content (AvgIpc) is 3.33. The Kier molecular flexibility index (Phi) is 4.98. The summed E-state index contributed by atoms with van der Waals surface area (Å²) in [6.45, 7) is 4.34. The van der Waals surface area contributed by atoms with Crippen LogP contribution >= 0.6 is 0 Å². The van der Waals surface area contributed by atoms with Gasteiger partial charge in [0.05, 0.1) is 16.6 Å². The molecular formula is C22H24F3N5O2. The minimum absolute atomic E-state index is 0.100. The molecule has 1 saturated heterocycles. The normalized spacial score (nSPS) is 19.8. The van der Waals surface area contributed by atoms with Gasteiger partial charge in [0.25, 0.3) is 11.6 Å². The summed E-state index contributed by atoms with van der Waals surface area (Å²) in [6.07, 6.45) is -1.11. The largest absolute Gasteiger partial charge is 0.417 e. The number of carbonyl (C=O) groups excluding carboxylic acids is 1. The maximum atomic E-state index is 13.9. The van der Waals surface area contributed by atoms with Crippen molar-refractivity contribution in [3.8, 4) is 0 Å². The highest BCUT2D eigenvalue weighted by molar-refractivity contribution is 5.92. The van der Waals surface area contributed by atoms with Gasteiger partial charge >= 0.3 is 6.18 Å². The lowest BCUT2D eigenvalue weighted by Crippen LogP contribution is -2.39. The summed E-state index contributed by atoms with van der Waals surface area (Å²) in [6, 6.07) is 2.87. The van der Waals surface area contributed by atoms with Gasteiger partial charge in [-0.2, -0.15) is 18.3 Å². The Bertz CT molecular complexity index is 1160. The van der Waals surface area contributed by atoms with E-state index in [0.717, 1.165) is 24.6 Å². The first-order chi connectivity index (χ1) is 15.2. The molecule has 7 nitrogen and oxygen atoms in total. The molecule has 0 spiro atoms. The number of hydrogen-bond acceptors (Lipinski definition) is 5. The summed E-state index contributed by atoms with van der Waals surface area (Å²) in [5.74, 6) is -0.333. The van der Waals surface area contributed by atoms with Gasteiger partial charge in [-0.3, -0.25) is 9.89 Å². The van der Waals surface area contributed by atoms with Crippen LogP contribution in [0.1, 0.15) is 90.4 Å². The number of aromatic nitrogens is 4. The van der Waals surface area contributed by atoms with E-state index in [-0.39, 0.29) is 41.1 Å². The van der Waals surface area contributed by atoms with Gasteiger partial charge in [0.15, 0.2) is 0 Å². The molecule has 5 rings (SSSR count). The summed E-state index contributed by atoms with van der Waals surface area (Å²) < 4.78 is 47.0. The van der Waals surface area contributed by atoms with E-state index in [1.54, 1.807) is 24.8 Å². The van der Waals surface area contributed by atoms with Gasteiger partial charge in [-0.1, -0.05) is 19.0 Å². The number of likely N-dealkylation sites (tertiary alicyclic amines) is 1. The number of amides is 1. The van der Waals surface area contributed by atoms with E-state index in [1.165, 1.54) is 0 Å². The third kappa shape index (κ3) is 3.75. The third-order valence-corrected chi connectivity index (χ3v) is 6.32. The molecule has 1 atom stereocenters. The van der Waals surface area contributed by atoms with Crippen molar-refractivity contribution in [3.63, 3.8) is 0 Å². The lowest BCUT2D eigenvalue weighted by Gasteiger charge is -2.31. The first-order valence-corrected chi connectivity index (χ1v) is 10.9. The Morgan fingerprint density at radius 3 is 2.69 bits per heavy atom. The van der Waals surface area contributed by atoms with Crippen molar-refractivity contribution in [2.75, 3.05) is 13.1 Å². The Hall–Kier alpha value is -2.91. The lowest BCUT2D eigenvalue weighted by atomic mass is 9.91. The number of piperidine rings is 1. The minimum Gasteiger partial charge on any atom is -0.337 e. The van der Waals surface area contributed by atoms with Gasteiger partial charge in [-0.15, -0.1) is 0 Å². The topological polar surface area (TPSA) is 87.9 Å². The van der Waals surface area contributed by atoms with Crippen LogP contribution in [0.15, 0.2) is 16.7 Å².